The minimum absolute atomic E-state index is 0.0278. The van der Waals surface area contributed by atoms with E-state index in [4.69, 9.17) is 0 Å². The Bertz CT molecular complexity index is 934. The lowest BCUT2D eigenvalue weighted by Gasteiger charge is -2.18. The number of hydrogen-bond acceptors (Lipinski definition) is 6. The summed E-state index contributed by atoms with van der Waals surface area (Å²) < 4.78 is 0. The van der Waals surface area contributed by atoms with Crippen LogP contribution >= 0.6 is 0 Å². The largest absolute Gasteiger partial charge is 0.325 e. The van der Waals surface area contributed by atoms with Gasteiger partial charge in [-0.05, 0) is 62.0 Å². The highest BCUT2D eigenvalue weighted by Crippen LogP contribution is 2.26. The number of H-pyrrole nitrogens is 1. The summed E-state index contributed by atoms with van der Waals surface area (Å²) in [5, 5.41) is 11.7. The minimum atomic E-state index is -0.0278. The number of anilines is 2. The van der Waals surface area contributed by atoms with Gasteiger partial charge in [-0.15, -0.1) is 0 Å². The standard InChI is InChI=1S/C21H27N7O/c1-27(2)13-20(29)24-18-8-5-15(6-9-18)11-17-12-16(21-22-14-23-25-21)7-10-19(17)26-28(3)4/h5-10,12,14,26H,11,13H2,1-4H3,(H,24,29)(H,22,23,25). The fourth-order valence-electron chi connectivity index (χ4n) is 3.00. The second-order valence-corrected chi connectivity index (χ2v) is 7.37. The van der Waals surface area contributed by atoms with Gasteiger partial charge in [0, 0.05) is 25.3 Å². The first kappa shape index (κ1) is 20.5. The van der Waals surface area contributed by atoms with Gasteiger partial charge in [0.05, 0.1) is 12.2 Å². The summed E-state index contributed by atoms with van der Waals surface area (Å²) in [7, 11) is 7.66. The van der Waals surface area contributed by atoms with Crippen molar-refractivity contribution < 1.29 is 4.79 Å². The van der Waals surface area contributed by atoms with Crippen molar-refractivity contribution in [2.45, 2.75) is 6.42 Å². The van der Waals surface area contributed by atoms with Gasteiger partial charge in [-0.25, -0.2) is 9.99 Å². The third-order valence-electron chi connectivity index (χ3n) is 4.23. The first-order chi connectivity index (χ1) is 13.9. The molecule has 3 rings (SSSR count). The van der Waals surface area contributed by atoms with Gasteiger partial charge >= 0.3 is 0 Å². The summed E-state index contributed by atoms with van der Waals surface area (Å²) in [5.74, 6) is 0.710. The van der Waals surface area contributed by atoms with E-state index in [1.54, 1.807) is 0 Å². The highest BCUT2D eigenvalue weighted by Gasteiger charge is 2.10. The molecule has 0 fully saturated rings. The molecular formula is C21H27N7O. The smallest absolute Gasteiger partial charge is 0.238 e. The number of nitrogens with zero attached hydrogens (tertiary/aromatic N) is 4. The Kier molecular flexibility index (Phi) is 6.58. The summed E-state index contributed by atoms with van der Waals surface area (Å²) >= 11 is 0. The molecule has 0 bridgehead atoms. The average molecular weight is 393 g/mol. The number of likely N-dealkylation sites (N-methyl/N-ethyl adjacent to an activating group) is 1. The van der Waals surface area contributed by atoms with Crippen LogP contribution in [0.15, 0.2) is 48.8 Å². The van der Waals surface area contributed by atoms with E-state index in [0.29, 0.717) is 6.54 Å². The van der Waals surface area contributed by atoms with E-state index in [2.05, 4.69) is 32.0 Å². The predicted octanol–water partition coefficient (Wildman–Crippen LogP) is 2.45. The average Bonchev–Trinajstić information content (AvgIpc) is 3.18. The summed E-state index contributed by atoms with van der Waals surface area (Å²) in [6.45, 7) is 0.357. The maximum atomic E-state index is 11.9. The van der Waals surface area contributed by atoms with Crippen LogP contribution in [0.4, 0.5) is 11.4 Å². The minimum Gasteiger partial charge on any atom is -0.325 e. The Morgan fingerprint density at radius 3 is 2.45 bits per heavy atom. The van der Waals surface area contributed by atoms with Gasteiger partial charge in [0.1, 0.15) is 6.33 Å². The molecule has 0 saturated carbocycles. The summed E-state index contributed by atoms with van der Waals surface area (Å²) in [5.41, 5.74) is 8.43. The molecule has 3 aromatic rings. The zero-order valence-electron chi connectivity index (χ0n) is 17.2. The van der Waals surface area contributed by atoms with E-state index >= 15 is 0 Å². The zero-order chi connectivity index (χ0) is 20.8. The number of amides is 1. The lowest BCUT2D eigenvalue weighted by molar-refractivity contribution is -0.116. The normalized spacial score (nSPS) is 11.1. The molecule has 8 nitrogen and oxygen atoms in total. The van der Waals surface area contributed by atoms with E-state index in [1.807, 2.05) is 74.5 Å². The molecule has 0 atom stereocenters. The quantitative estimate of drug-likeness (QED) is 0.510. The molecule has 0 aliphatic heterocycles. The highest BCUT2D eigenvalue weighted by molar-refractivity contribution is 5.92. The van der Waals surface area contributed by atoms with Crippen LogP contribution in [0.25, 0.3) is 11.4 Å². The third-order valence-corrected chi connectivity index (χ3v) is 4.23. The number of benzene rings is 2. The van der Waals surface area contributed by atoms with Gasteiger partial charge in [-0.3, -0.25) is 9.89 Å². The summed E-state index contributed by atoms with van der Waals surface area (Å²) in [6, 6.07) is 14.1. The van der Waals surface area contributed by atoms with Crippen LogP contribution in [0.3, 0.4) is 0 Å². The number of carbonyl (C=O) groups is 1. The van der Waals surface area contributed by atoms with Crippen molar-refractivity contribution in [3.8, 4) is 11.4 Å². The summed E-state index contributed by atoms with van der Waals surface area (Å²) in [6.07, 6.45) is 2.24. The van der Waals surface area contributed by atoms with Crippen molar-refractivity contribution in [3.63, 3.8) is 0 Å². The van der Waals surface area contributed by atoms with Gasteiger partial charge in [0.25, 0.3) is 0 Å². The molecule has 1 amide bonds. The molecule has 152 valence electrons. The molecule has 0 spiro atoms. The lowest BCUT2D eigenvalue weighted by Crippen LogP contribution is -2.27. The molecule has 1 aromatic heterocycles. The van der Waals surface area contributed by atoms with Crippen molar-refractivity contribution in [2.75, 3.05) is 45.5 Å². The predicted molar refractivity (Wildman–Crippen MR) is 116 cm³/mol. The molecule has 0 unspecified atom stereocenters. The number of aromatic nitrogens is 3. The van der Waals surface area contributed by atoms with Crippen LogP contribution in [-0.4, -0.2) is 65.7 Å². The van der Waals surface area contributed by atoms with E-state index in [0.717, 1.165) is 40.3 Å². The van der Waals surface area contributed by atoms with Crippen LogP contribution < -0.4 is 10.7 Å². The SMILES string of the molecule is CN(C)CC(=O)Nc1ccc(Cc2cc(-c3ncn[nH]3)ccc2NN(C)C)cc1. The van der Waals surface area contributed by atoms with Gasteiger partial charge in [0.15, 0.2) is 5.82 Å². The van der Waals surface area contributed by atoms with Gasteiger partial charge in [0.2, 0.25) is 5.91 Å². The number of aromatic amines is 1. The topological polar surface area (TPSA) is 89.2 Å². The van der Waals surface area contributed by atoms with E-state index < -0.39 is 0 Å². The molecule has 0 aliphatic rings. The molecule has 3 N–H and O–H groups in total. The van der Waals surface area contributed by atoms with Crippen molar-refractivity contribution >= 4 is 17.3 Å². The molecule has 0 radical (unpaired) electrons. The highest BCUT2D eigenvalue weighted by atomic mass is 16.2. The molecular weight excluding hydrogens is 366 g/mol. The van der Waals surface area contributed by atoms with E-state index in [9.17, 15) is 4.79 Å². The van der Waals surface area contributed by atoms with Crippen molar-refractivity contribution in [1.82, 2.24) is 25.1 Å². The summed E-state index contributed by atoms with van der Waals surface area (Å²) in [4.78, 5) is 18.0. The van der Waals surface area contributed by atoms with Gasteiger partial charge in [-0.1, -0.05) is 12.1 Å². The maximum absolute atomic E-state index is 11.9. The fourth-order valence-corrected chi connectivity index (χ4v) is 3.00. The first-order valence-corrected chi connectivity index (χ1v) is 9.37. The number of hydrogen-bond donors (Lipinski definition) is 3. The first-order valence-electron chi connectivity index (χ1n) is 9.37. The Labute approximate surface area is 170 Å². The second-order valence-electron chi connectivity index (χ2n) is 7.37. The Balaban J connectivity index is 1.78. The van der Waals surface area contributed by atoms with Crippen LogP contribution in [0.5, 0.6) is 0 Å². The van der Waals surface area contributed by atoms with Crippen molar-refractivity contribution in [2.24, 2.45) is 0 Å². The molecule has 0 aliphatic carbocycles. The van der Waals surface area contributed by atoms with Crippen LogP contribution in [0.2, 0.25) is 0 Å². The number of carbonyl (C=O) groups excluding carboxylic acids is 1. The zero-order valence-corrected chi connectivity index (χ0v) is 17.2. The third kappa shape index (κ3) is 5.87. The fraction of sp³-hybridized carbons (Fsp3) is 0.286. The monoisotopic (exact) mass is 393 g/mol. The molecule has 2 aromatic carbocycles. The van der Waals surface area contributed by atoms with Crippen molar-refractivity contribution in [3.05, 3.63) is 59.9 Å². The van der Waals surface area contributed by atoms with Crippen LogP contribution in [0, 0.1) is 0 Å². The Hall–Kier alpha value is -3.23. The molecule has 29 heavy (non-hydrogen) atoms. The van der Waals surface area contributed by atoms with E-state index in [-0.39, 0.29) is 5.91 Å². The Morgan fingerprint density at radius 2 is 1.83 bits per heavy atom. The molecule has 0 saturated heterocycles. The van der Waals surface area contributed by atoms with Crippen LogP contribution in [0.1, 0.15) is 11.1 Å². The molecule has 8 heteroatoms. The van der Waals surface area contributed by atoms with E-state index in [1.165, 1.54) is 6.33 Å². The number of rotatable bonds is 8. The van der Waals surface area contributed by atoms with Gasteiger partial charge < -0.3 is 15.6 Å². The van der Waals surface area contributed by atoms with Gasteiger partial charge in [-0.2, -0.15) is 5.10 Å². The second kappa shape index (κ2) is 9.31. The Morgan fingerprint density at radius 1 is 1.07 bits per heavy atom. The maximum Gasteiger partial charge on any atom is 0.238 e. The molecule has 1 heterocycles. The lowest BCUT2D eigenvalue weighted by atomic mass is 10.0. The van der Waals surface area contributed by atoms with Crippen molar-refractivity contribution in [1.29, 1.82) is 0 Å². The number of hydrazine groups is 1. The number of nitrogens with one attached hydrogen (secondary N) is 3. The van der Waals surface area contributed by atoms with Crippen LogP contribution in [-0.2, 0) is 11.2 Å².